The summed E-state index contributed by atoms with van der Waals surface area (Å²) >= 11 is 0. The van der Waals surface area contributed by atoms with E-state index in [0.717, 1.165) is 0 Å². The van der Waals surface area contributed by atoms with Crippen molar-refractivity contribution in [3.63, 3.8) is 0 Å². The molecule has 0 spiro atoms. The summed E-state index contributed by atoms with van der Waals surface area (Å²) in [5, 5.41) is 6.22. The van der Waals surface area contributed by atoms with Gasteiger partial charge in [-0.25, -0.2) is 4.98 Å². The van der Waals surface area contributed by atoms with Gasteiger partial charge in [0.1, 0.15) is 6.33 Å². The Balaban J connectivity index is 2.91. The molecule has 0 aliphatic carbocycles. The molecule has 0 radical (unpaired) electrons. The molecule has 1 aromatic heterocycles. The minimum Gasteiger partial charge on any atom is -0.327 e. The van der Waals surface area contributed by atoms with Crippen molar-refractivity contribution in [2.75, 3.05) is 6.54 Å². The first-order valence-corrected chi connectivity index (χ1v) is 4.75. The smallest absolute Gasteiger partial charge is 0.291 e. The second kappa shape index (κ2) is 4.25. The van der Waals surface area contributed by atoms with E-state index in [0.29, 0.717) is 6.54 Å². The zero-order valence-corrected chi connectivity index (χ0v) is 9.32. The van der Waals surface area contributed by atoms with Gasteiger partial charge < -0.3 is 4.90 Å². The summed E-state index contributed by atoms with van der Waals surface area (Å²) in [6.07, 6.45) is 3.02. The van der Waals surface area contributed by atoms with Crippen LogP contribution in [0, 0.1) is 0 Å². The summed E-state index contributed by atoms with van der Waals surface area (Å²) < 4.78 is 0. The highest BCUT2D eigenvalue weighted by molar-refractivity contribution is 5.90. The number of hydrogen-bond donors (Lipinski definition) is 1. The fraction of sp³-hybridized carbons (Fsp3) is 0.500. The number of amides is 1. The Labute approximate surface area is 89.2 Å². The average Bonchev–Trinajstić information content (AvgIpc) is 2.63. The van der Waals surface area contributed by atoms with Crippen molar-refractivity contribution in [2.24, 2.45) is 0 Å². The molecule has 1 rings (SSSR count). The standard InChI is InChI=1S/C10H16N4O/c1-5-6-14(10(2,3)4)9(15)8-11-7-12-13-8/h5,7H,1,6H2,2-4H3,(H,11,12,13). The molecule has 0 bridgehead atoms. The molecule has 0 aliphatic heterocycles. The Morgan fingerprint density at radius 1 is 1.67 bits per heavy atom. The summed E-state index contributed by atoms with van der Waals surface area (Å²) in [6, 6.07) is 0. The number of carbonyl (C=O) groups is 1. The third-order valence-electron chi connectivity index (χ3n) is 1.98. The van der Waals surface area contributed by atoms with E-state index in [-0.39, 0.29) is 17.3 Å². The van der Waals surface area contributed by atoms with Crippen LogP contribution in [-0.2, 0) is 0 Å². The van der Waals surface area contributed by atoms with Gasteiger partial charge in [-0.15, -0.1) is 6.58 Å². The number of H-pyrrole nitrogens is 1. The predicted molar refractivity (Wildman–Crippen MR) is 57.4 cm³/mol. The van der Waals surface area contributed by atoms with E-state index in [1.54, 1.807) is 11.0 Å². The fourth-order valence-corrected chi connectivity index (χ4v) is 1.23. The number of nitrogens with zero attached hydrogens (tertiary/aromatic N) is 3. The van der Waals surface area contributed by atoms with Crippen LogP contribution in [0.5, 0.6) is 0 Å². The fourth-order valence-electron chi connectivity index (χ4n) is 1.23. The largest absolute Gasteiger partial charge is 0.327 e. The maximum atomic E-state index is 12.0. The van der Waals surface area contributed by atoms with Gasteiger partial charge in [0, 0.05) is 12.1 Å². The van der Waals surface area contributed by atoms with Crippen LogP contribution in [0.2, 0.25) is 0 Å². The topological polar surface area (TPSA) is 61.9 Å². The number of nitrogens with one attached hydrogen (secondary N) is 1. The van der Waals surface area contributed by atoms with E-state index in [1.165, 1.54) is 6.33 Å². The lowest BCUT2D eigenvalue weighted by atomic mass is 10.1. The zero-order valence-electron chi connectivity index (χ0n) is 9.32. The molecule has 1 amide bonds. The number of aromatic nitrogens is 3. The minimum atomic E-state index is -0.266. The molecule has 0 aliphatic rings. The van der Waals surface area contributed by atoms with Crippen LogP contribution in [-0.4, -0.2) is 38.1 Å². The quantitative estimate of drug-likeness (QED) is 0.760. The highest BCUT2D eigenvalue weighted by Crippen LogP contribution is 2.15. The molecule has 1 aromatic rings. The SMILES string of the molecule is C=CCN(C(=O)c1ncn[nH]1)C(C)(C)C. The third kappa shape index (κ3) is 2.65. The number of hydrogen-bond acceptors (Lipinski definition) is 3. The molecular formula is C10H16N4O. The van der Waals surface area contributed by atoms with E-state index in [4.69, 9.17) is 0 Å². The molecule has 5 heteroatoms. The Hall–Kier alpha value is -1.65. The summed E-state index contributed by atoms with van der Waals surface area (Å²) in [7, 11) is 0. The lowest BCUT2D eigenvalue weighted by Crippen LogP contribution is -2.46. The molecule has 0 fully saturated rings. The van der Waals surface area contributed by atoms with Crippen LogP contribution in [0.3, 0.4) is 0 Å². The Bertz CT molecular complexity index is 337. The summed E-state index contributed by atoms with van der Waals surface area (Å²) in [6.45, 7) is 10.0. The Morgan fingerprint density at radius 2 is 2.33 bits per heavy atom. The first-order valence-electron chi connectivity index (χ1n) is 4.75. The van der Waals surface area contributed by atoms with Crippen LogP contribution in [0.25, 0.3) is 0 Å². The first-order chi connectivity index (χ1) is 6.96. The van der Waals surface area contributed by atoms with Crippen molar-refractivity contribution >= 4 is 5.91 Å². The normalized spacial score (nSPS) is 11.1. The molecule has 82 valence electrons. The molecule has 0 saturated heterocycles. The monoisotopic (exact) mass is 208 g/mol. The molecule has 0 saturated carbocycles. The van der Waals surface area contributed by atoms with Gasteiger partial charge in [-0.2, -0.15) is 5.10 Å². The second-order valence-electron chi connectivity index (χ2n) is 4.21. The third-order valence-corrected chi connectivity index (χ3v) is 1.98. The van der Waals surface area contributed by atoms with Crippen LogP contribution in [0.15, 0.2) is 19.0 Å². The molecule has 15 heavy (non-hydrogen) atoms. The summed E-state index contributed by atoms with van der Waals surface area (Å²) in [5.74, 6) is 0.0895. The molecule has 1 heterocycles. The van der Waals surface area contributed by atoms with E-state index < -0.39 is 0 Å². The van der Waals surface area contributed by atoms with Gasteiger partial charge in [0.2, 0.25) is 5.82 Å². The number of carbonyl (C=O) groups excluding carboxylic acids is 1. The maximum Gasteiger partial charge on any atom is 0.291 e. The number of aromatic amines is 1. The van der Waals surface area contributed by atoms with Crippen molar-refractivity contribution in [3.05, 3.63) is 24.8 Å². The Morgan fingerprint density at radius 3 is 2.73 bits per heavy atom. The van der Waals surface area contributed by atoms with Crippen molar-refractivity contribution in [1.82, 2.24) is 20.1 Å². The maximum absolute atomic E-state index is 12.0. The van der Waals surface area contributed by atoms with Gasteiger partial charge in [-0.3, -0.25) is 9.89 Å². The van der Waals surface area contributed by atoms with Gasteiger partial charge >= 0.3 is 0 Å². The van der Waals surface area contributed by atoms with Crippen molar-refractivity contribution in [2.45, 2.75) is 26.3 Å². The van der Waals surface area contributed by atoms with Gasteiger partial charge in [0.25, 0.3) is 5.91 Å². The van der Waals surface area contributed by atoms with Gasteiger partial charge in [0.05, 0.1) is 0 Å². The average molecular weight is 208 g/mol. The van der Waals surface area contributed by atoms with Gasteiger partial charge in [0.15, 0.2) is 0 Å². The lowest BCUT2D eigenvalue weighted by molar-refractivity contribution is 0.0604. The minimum absolute atomic E-state index is 0.167. The van der Waals surface area contributed by atoms with Crippen molar-refractivity contribution in [3.8, 4) is 0 Å². The van der Waals surface area contributed by atoms with Crippen molar-refractivity contribution < 1.29 is 4.79 Å². The molecule has 0 unspecified atom stereocenters. The molecular weight excluding hydrogens is 192 g/mol. The predicted octanol–water partition coefficient (Wildman–Crippen LogP) is 1.23. The van der Waals surface area contributed by atoms with E-state index in [1.807, 2.05) is 20.8 Å². The van der Waals surface area contributed by atoms with Gasteiger partial charge in [-0.1, -0.05) is 6.08 Å². The molecule has 0 aromatic carbocycles. The van der Waals surface area contributed by atoms with Crippen LogP contribution < -0.4 is 0 Å². The van der Waals surface area contributed by atoms with Crippen molar-refractivity contribution in [1.29, 1.82) is 0 Å². The Kier molecular flexibility index (Phi) is 3.24. The summed E-state index contributed by atoms with van der Waals surface area (Å²) in [4.78, 5) is 17.5. The first kappa shape index (κ1) is 11.4. The highest BCUT2D eigenvalue weighted by Gasteiger charge is 2.27. The van der Waals surface area contributed by atoms with E-state index in [9.17, 15) is 4.79 Å². The van der Waals surface area contributed by atoms with E-state index >= 15 is 0 Å². The van der Waals surface area contributed by atoms with Crippen LogP contribution in [0.1, 0.15) is 31.4 Å². The molecule has 0 atom stereocenters. The van der Waals surface area contributed by atoms with E-state index in [2.05, 4.69) is 21.8 Å². The van der Waals surface area contributed by atoms with Gasteiger partial charge in [-0.05, 0) is 20.8 Å². The zero-order chi connectivity index (χ0) is 11.5. The van der Waals surface area contributed by atoms with Crippen LogP contribution >= 0.6 is 0 Å². The van der Waals surface area contributed by atoms with Crippen LogP contribution in [0.4, 0.5) is 0 Å². The highest BCUT2D eigenvalue weighted by atomic mass is 16.2. The second-order valence-corrected chi connectivity index (χ2v) is 4.21. The number of rotatable bonds is 3. The molecule has 5 nitrogen and oxygen atoms in total. The molecule has 1 N–H and O–H groups in total. The summed E-state index contributed by atoms with van der Waals surface area (Å²) in [5.41, 5.74) is -0.266. The lowest BCUT2D eigenvalue weighted by Gasteiger charge is -2.34.